The number of fused-ring (bicyclic) bond motifs is 2. The van der Waals surface area contributed by atoms with Crippen molar-refractivity contribution >= 4 is 0 Å². The minimum absolute atomic E-state index is 0. The molecule has 0 saturated carbocycles. The fourth-order valence-electron chi connectivity index (χ4n) is 3.19. The van der Waals surface area contributed by atoms with Crippen LogP contribution in [0.5, 0.6) is 0 Å². The number of aryl methyl sites for hydroxylation is 4. The Morgan fingerprint density at radius 2 is 0.636 bits per heavy atom. The fraction of sp³-hybridized carbons (Fsp3) is 0.594. The molecule has 0 aliphatic heterocycles. The summed E-state index contributed by atoms with van der Waals surface area (Å²) in [6.45, 7) is 21.5. The zero-order chi connectivity index (χ0) is 23.9. The molecule has 1 heteroatoms. The molecule has 2 aromatic carbocycles. The van der Waals surface area contributed by atoms with Crippen LogP contribution in [0.3, 0.4) is 0 Å². The molecule has 0 fully saturated rings. The predicted octanol–water partition coefficient (Wildman–Crippen LogP) is 10.3. The third-order valence-electron chi connectivity index (χ3n) is 4.27. The van der Waals surface area contributed by atoms with Crippen LogP contribution in [-0.2, 0) is 58.4 Å². The molecule has 0 bridgehead atoms. The topological polar surface area (TPSA) is 0 Å². The van der Waals surface area contributed by atoms with Crippen LogP contribution in [0.4, 0.5) is 0 Å². The minimum atomic E-state index is 0. The first-order valence-corrected chi connectivity index (χ1v) is 12.6. The number of rotatable bonds is 0. The van der Waals surface area contributed by atoms with E-state index in [-0.39, 0.29) is 40.1 Å². The maximum atomic E-state index is 2.26. The van der Waals surface area contributed by atoms with Crippen LogP contribution in [0.15, 0.2) is 48.5 Å². The van der Waals surface area contributed by atoms with Crippen LogP contribution in [-0.4, -0.2) is 0 Å². The summed E-state index contributed by atoms with van der Waals surface area (Å²) in [5, 5.41) is 0. The molecule has 2 aromatic rings. The average molecular weight is 529 g/mol. The van der Waals surface area contributed by atoms with Gasteiger partial charge >= 0.3 is 0 Å². The van der Waals surface area contributed by atoms with Crippen LogP contribution >= 0.6 is 0 Å². The van der Waals surface area contributed by atoms with Crippen molar-refractivity contribution in [3.8, 4) is 0 Å². The second kappa shape index (κ2) is 19.8. The molecule has 2 aliphatic carbocycles. The Labute approximate surface area is 234 Å². The van der Waals surface area contributed by atoms with Gasteiger partial charge in [0.1, 0.15) is 0 Å². The molecular formula is C32H55Y-. The first-order valence-electron chi connectivity index (χ1n) is 12.6. The largest absolute Gasteiger partial charge is 0.358 e. The molecule has 4 rings (SSSR count). The molecule has 0 heterocycles. The van der Waals surface area contributed by atoms with Gasteiger partial charge in [0.2, 0.25) is 0 Å². The summed E-state index contributed by atoms with van der Waals surface area (Å²) in [5.74, 6) is 0. The number of hydrogen-bond donors (Lipinski definition) is 0. The summed E-state index contributed by atoms with van der Waals surface area (Å²) in [7, 11) is 0. The Hall–Kier alpha value is -0.456. The van der Waals surface area contributed by atoms with Gasteiger partial charge in [0.25, 0.3) is 0 Å². The van der Waals surface area contributed by atoms with E-state index >= 15 is 0 Å². The molecule has 0 nitrogen and oxygen atoms in total. The van der Waals surface area contributed by atoms with Gasteiger partial charge in [-0.25, -0.2) is 0 Å². The van der Waals surface area contributed by atoms with Gasteiger partial charge in [-0.3, -0.25) is 0 Å². The van der Waals surface area contributed by atoms with Crippen molar-refractivity contribution in [3.05, 3.63) is 78.2 Å². The Balaban J connectivity index is -0.000000364. The standard InChI is InChI=1S/C10H12.C9H10.2C5H12.C2H6.CH3.Y/c1-2-6-10-8-4-3-7-9(10)5-1;1-2-5-9-7-3-6-8(9)4-1;2*1-5(2,3)4;1-2;;/h1-2,5-6H,3-4,7-8H2;1-2,4-5H,3,6-7H2;2*1-4H3;1-2H3;1H3;/q;;;;;-1;. The molecule has 0 aromatic heterocycles. The zero-order valence-corrected chi connectivity index (χ0v) is 27.0. The van der Waals surface area contributed by atoms with Crippen LogP contribution in [0.25, 0.3) is 0 Å². The van der Waals surface area contributed by atoms with E-state index in [1.807, 2.05) is 13.8 Å². The molecule has 187 valence electrons. The van der Waals surface area contributed by atoms with Gasteiger partial charge in [0.15, 0.2) is 0 Å². The van der Waals surface area contributed by atoms with Crippen LogP contribution in [0.2, 0.25) is 0 Å². The normalized spacial score (nSPS) is 13.0. The molecule has 0 saturated heterocycles. The van der Waals surface area contributed by atoms with E-state index in [2.05, 4.69) is 104 Å². The summed E-state index contributed by atoms with van der Waals surface area (Å²) in [6.07, 6.45) is 9.34. The van der Waals surface area contributed by atoms with Gasteiger partial charge in [-0.2, -0.15) is 0 Å². The predicted molar refractivity (Wildman–Crippen MR) is 150 cm³/mol. The summed E-state index contributed by atoms with van der Waals surface area (Å²) >= 11 is 0. The monoisotopic (exact) mass is 528 g/mol. The van der Waals surface area contributed by atoms with Gasteiger partial charge in [-0.05, 0) is 78.0 Å². The van der Waals surface area contributed by atoms with Crippen molar-refractivity contribution in [2.45, 2.75) is 114 Å². The van der Waals surface area contributed by atoms with Crippen LogP contribution < -0.4 is 0 Å². The second-order valence-electron chi connectivity index (χ2n) is 11.6. The second-order valence-corrected chi connectivity index (χ2v) is 11.6. The minimum Gasteiger partial charge on any atom is -0.358 e. The molecule has 1 radical (unpaired) electrons. The molecule has 0 N–H and O–H groups in total. The van der Waals surface area contributed by atoms with Crippen molar-refractivity contribution in [2.24, 2.45) is 10.8 Å². The first kappa shape index (κ1) is 37.1. The number of hydrogen-bond acceptors (Lipinski definition) is 0. The van der Waals surface area contributed by atoms with E-state index in [4.69, 9.17) is 0 Å². The van der Waals surface area contributed by atoms with Gasteiger partial charge in [0, 0.05) is 32.7 Å². The quantitative estimate of drug-likeness (QED) is 0.298. The van der Waals surface area contributed by atoms with E-state index in [0.717, 1.165) is 0 Å². The maximum absolute atomic E-state index is 2.26. The smallest absolute Gasteiger partial charge is 0 e. The van der Waals surface area contributed by atoms with E-state index in [0.29, 0.717) is 10.8 Å². The molecule has 2 aliphatic rings. The Bertz CT molecular complexity index is 629. The summed E-state index contributed by atoms with van der Waals surface area (Å²) in [4.78, 5) is 0. The van der Waals surface area contributed by atoms with Gasteiger partial charge < -0.3 is 7.43 Å². The summed E-state index contributed by atoms with van der Waals surface area (Å²) < 4.78 is 0. The van der Waals surface area contributed by atoms with E-state index in [9.17, 15) is 0 Å². The van der Waals surface area contributed by atoms with Crippen LogP contribution in [0, 0.1) is 18.3 Å². The average Bonchev–Trinajstić information content (AvgIpc) is 3.16. The van der Waals surface area contributed by atoms with Gasteiger partial charge in [-0.15, -0.1) is 0 Å². The van der Waals surface area contributed by atoms with Crippen LogP contribution in [0.1, 0.15) is 111 Å². The third-order valence-corrected chi connectivity index (χ3v) is 4.27. The molecule has 33 heavy (non-hydrogen) atoms. The Morgan fingerprint density at radius 3 is 0.848 bits per heavy atom. The molecule has 0 amide bonds. The Kier molecular flexibility index (Phi) is 22.3. The zero-order valence-electron chi connectivity index (χ0n) is 24.1. The molecule has 0 unspecified atom stereocenters. The van der Waals surface area contributed by atoms with Gasteiger partial charge in [-0.1, -0.05) is 118 Å². The third kappa shape index (κ3) is 23.1. The fourth-order valence-corrected chi connectivity index (χ4v) is 3.19. The Morgan fingerprint density at radius 1 is 0.455 bits per heavy atom. The molecule has 0 spiro atoms. The summed E-state index contributed by atoms with van der Waals surface area (Å²) in [6, 6.07) is 17.5. The van der Waals surface area contributed by atoms with Crippen molar-refractivity contribution in [2.75, 3.05) is 0 Å². The van der Waals surface area contributed by atoms with Crippen molar-refractivity contribution in [1.82, 2.24) is 0 Å². The van der Waals surface area contributed by atoms with E-state index < -0.39 is 0 Å². The summed E-state index contributed by atoms with van der Waals surface area (Å²) in [5.41, 5.74) is 7.29. The molecule has 0 atom stereocenters. The van der Waals surface area contributed by atoms with E-state index in [1.165, 1.54) is 44.9 Å². The van der Waals surface area contributed by atoms with E-state index in [1.54, 1.807) is 22.3 Å². The maximum Gasteiger partial charge on any atom is 0 e. The van der Waals surface area contributed by atoms with Crippen molar-refractivity contribution in [3.63, 3.8) is 0 Å². The first-order chi connectivity index (χ1) is 14.4. The molecular weight excluding hydrogens is 473 g/mol. The SMILES string of the molecule is CC.CC(C)(C)C.CC(C)(C)C.[CH3-].[Y].c1ccc2c(c1)CCC2.c1ccc2c(c1)CCCC2. The van der Waals surface area contributed by atoms with Gasteiger partial charge in [0.05, 0.1) is 0 Å². The van der Waals surface area contributed by atoms with Crippen molar-refractivity contribution in [1.29, 1.82) is 0 Å². The number of benzene rings is 2. The van der Waals surface area contributed by atoms with Crippen molar-refractivity contribution < 1.29 is 32.7 Å².